The van der Waals surface area contributed by atoms with Crippen LogP contribution >= 0.6 is 0 Å². The lowest BCUT2D eigenvalue weighted by molar-refractivity contribution is -0.126. The number of aryl methyl sites for hydroxylation is 2. The van der Waals surface area contributed by atoms with E-state index in [9.17, 15) is 13.2 Å². The molecule has 2 atom stereocenters. The van der Waals surface area contributed by atoms with Gasteiger partial charge in [-0.3, -0.25) is 4.79 Å². The number of nitrogens with one attached hydrogen (secondary N) is 1. The maximum absolute atomic E-state index is 13.1. The summed E-state index contributed by atoms with van der Waals surface area (Å²) in [7, 11) is -2.11. The number of hydrogen-bond donors (Lipinski definition) is 1. The van der Waals surface area contributed by atoms with E-state index in [2.05, 4.69) is 37.4 Å². The Morgan fingerprint density at radius 2 is 1.90 bits per heavy atom. The number of rotatable bonds is 7. The van der Waals surface area contributed by atoms with Gasteiger partial charge in [0, 0.05) is 13.1 Å². The predicted octanol–water partition coefficient (Wildman–Crippen LogP) is 3.98. The van der Waals surface area contributed by atoms with E-state index in [1.165, 1.54) is 9.87 Å². The number of carbonyl (C=O) groups is 1. The normalized spacial score (nSPS) is 18.4. The molecule has 31 heavy (non-hydrogen) atoms. The van der Waals surface area contributed by atoms with Crippen LogP contribution in [0.25, 0.3) is 0 Å². The summed E-state index contributed by atoms with van der Waals surface area (Å²) in [5.74, 6) is 0.162. The van der Waals surface area contributed by atoms with Crippen LogP contribution in [-0.2, 0) is 14.8 Å². The third-order valence-electron chi connectivity index (χ3n) is 5.98. The minimum absolute atomic E-state index is 0.0818. The number of ether oxygens (including phenoxy) is 1. The topological polar surface area (TPSA) is 75.7 Å². The van der Waals surface area contributed by atoms with Gasteiger partial charge in [-0.15, -0.1) is 0 Å². The maximum atomic E-state index is 13.1. The molecule has 2 aromatic carbocycles. The highest BCUT2D eigenvalue weighted by Gasteiger charge is 2.34. The summed E-state index contributed by atoms with van der Waals surface area (Å²) in [5, 5.41) is 3.16. The van der Waals surface area contributed by atoms with E-state index < -0.39 is 10.0 Å². The molecule has 0 radical (unpaired) electrons. The fraction of sp³-hybridized carbons (Fsp3) is 0.458. The quantitative estimate of drug-likeness (QED) is 0.701. The van der Waals surface area contributed by atoms with Gasteiger partial charge in [-0.1, -0.05) is 30.7 Å². The van der Waals surface area contributed by atoms with E-state index in [-0.39, 0.29) is 29.3 Å². The van der Waals surface area contributed by atoms with Crippen molar-refractivity contribution in [3.8, 4) is 5.75 Å². The zero-order valence-electron chi connectivity index (χ0n) is 18.7. The molecule has 1 saturated heterocycles. The average molecular weight is 445 g/mol. The van der Waals surface area contributed by atoms with Crippen LogP contribution in [0, 0.1) is 19.8 Å². The molecule has 1 heterocycles. The fourth-order valence-electron chi connectivity index (χ4n) is 4.18. The smallest absolute Gasteiger partial charge is 0.243 e. The van der Waals surface area contributed by atoms with Gasteiger partial charge < -0.3 is 10.1 Å². The van der Waals surface area contributed by atoms with Gasteiger partial charge in [0.2, 0.25) is 15.9 Å². The van der Waals surface area contributed by atoms with E-state index in [4.69, 9.17) is 4.74 Å². The van der Waals surface area contributed by atoms with E-state index in [0.29, 0.717) is 25.1 Å². The highest BCUT2D eigenvalue weighted by molar-refractivity contribution is 7.89. The zero-order valence-corrected chi connectivity index (χ0v) is 19.5. The predicted molar refractivity (Wildman–Crippen MR) is 122 cm³/mol. The third kappa shape index (κ3) is 5.28. The zero-order chi connectivity index (χ0) is 22.6. The highest BCUT2D eigenvalue weighted by atomic mass is 32.2. The number of methoxy groups -OCH3 is 1. The van der Waals surface area contributed by atoms with E-state index >= 15 is 0 Å². The van der Waals surface area contributed by atoms with Crippen LogP contribution < -0.4 is 10.1 Å². The third-order valence-corrected chi connectivity index (χ3v) is 7.86. The number of benzene rings is 2. The van der Waals surface area contributed by atoms with Gasteiger partial charge in [0.15, 0.2) is 0 Å². The standard InChI is InChI=1S/C24H32N2O4S/c1-5-23(22-13-8-17(2)15-18(22)3)25-24(27)19-7-6-14-26(16-19)31(28,29)21-11-9-20(30-4)10-12-21/h8-13,15,19,23H,5-7,14,16H2,1-4H3,(H,25,27)/t19-,23-/m1/s1. The van der Waals surface area contributed by atoms with Gasteiger partial charge in [-0.2, -0.15) is 4.31 Å². The van der Waals surface area contributed by atoms with Crippen LogP contribution in [0.5, 0.6) is 5.75 Å². The van der Waals surface area contributed by atoms with Gasteiger partial charge in [0.1, 0.15) is 5.75 Å². The minimum Gasteiger partial charge on any atom is -0.497 e. The summed E-state index contributed by atoms with van der Waals surface area (Å²) in [6.45, 7) is 6.78. The van der Waals surface area contributed by atoms with Crippen LogP contribution in [0.2, 0.25) is 0 Å². The number of amides is 1. The molecule has 1 fully saturated rings. The second kappa shape index (κ2) is 9.83. The molecule has 168 valence electrons. The summed E-state index contributed by atoms with van der Waals surface area (Å²) >= 11 is 0. The number of nitrogens with zero attached hydrogens (tertiary/aromatic N) is 1. The van der Waals surface area contributed by atoms with Crippen molar-refractivity contribution < 1.29 is 17.9 Å². The van der Waals surface area contributed by atoms with E-state index in [1.54, 1.807) is 31.4 Å². The van der Waals surface area contributed by atoms with Crippen molar-refractivity contribution >= 4 is 15.9 Å². The molecule has 0 unspecified atom stereocenters. The molecular formula is C24H32N2O4S. The van der Waals surface area contributed by atoms with Gasteiger partial charge >= 0.3 is 0 Å². The molecule has 6 nitrogen and oxygen atoms in total. The molecule has 0 aromatic heterocycles. The van der Waals surface area contributed by atoms with Crippen LogP contribution in [-0.4, -0.2) is 38.8 Å². The average Bonchev–Trinajstić information content (AvgIpc) is 2.78. The van der Waals surface area contributed by atoms with Crippen LogP contribution in [0.15, 0.2) is 47.4 Å². The van der Waals surface area contributed by atoms with Crippen molar-refractivity contribution in [2.45, 2.75) is 51.0 Å². The molecule has 0 spiro atoms. The molecule has 0 aliphatic carbocycles. The number of hydrogen-bond acceptors (Lipinski definition) is 4. The van der Waals surface area contributed by atoms with Crippen molar-refractivity contribution in [2.24, 2.45) is 5.92 Å². The van der Waals surface area contributed by atoms with Crippen molar-refractivity contribution in [3.63, 3.8) is 0 Å². The van der Waals surface area contributed by atoms with E-state index in [1.807, 2.05) is 6.92 Å². The Balaban J connectivity index is 1.72. The number of sulfonamides is 1. The Morgan fingerprint density at radius 3 is 2.52 bits per heavy atom. The molecule has 1 aliphatic rings. The lowest BCUT2D eigenvalue weighted by atomic mass is 9.95. The molecule has 1 N–H and O–H groups in total. The SMILES string of the molecule is CC[C@@H](NC(=O)[C@@H]1CCCN(S(=O)(=O)c2ccc(OC)cc2)C1)c1ccc(C)cc1C. The Hall–Kier alpha value is -2.38. The lowest BCUT2D eigenvalue weighted by Gasteiger charge is -2.32. The van der Waals surface area contributed by atoms with Crippen LogP contribution in [0.3, 0.4) is 0 Å². The molecular weight excluding hydrogens is 412 g/mol. The summed E-state index contributed by atoms with van der Waals surface area (Å²) < 4.78 is 32.7. The van der Waals surface area contributed by atoms with Crippen LogP contribution in [0.1, 0.15) is 48.9 Å². The monoisotopic (exact) mass is 444 g/mol. The van der Waals surface area contributed by atoms with Crippen molar-refractivity contribution in [1.29, 1.82) is 0 Å². The number of piperidine rings is 1. The summed E-state index contributed by atoms with van der Waals surface area (Å²) in [6.07, 6.45) is 2.12. The second-order valence-electron chi connectivity index (χ2n) is 8.21. The van der Waals surface area contributed by atoms with Crippen molar-refractivity contribution in [2.75, 3.05) is 20.2 Å². The first-order valence-corrected chi connectivity index (χ1v) is 12.2. The van der Waals surface area contributed by atoms with Crippen LogP contribution in [0.4, 0.5) is 0 Å². The molecule has 1 aliphatic heterocycles. The molecule has 7 heteroatoms. The first-order chi connectivity index (χ1) is 14.8. The summed E-state index contributed by atoms with van der Waals surface area (Å²) in [5.41, 5.74) is 3.45. The Kier molecular flexibility index (Phi) is 7.38. The summed E-state index contributed by atoms with van der Waals surface area (Å²) in [6, 6.07) is 12.5. The van der Waals surface area contributed by atoms with Gasteiger partial charge in [0.25, 0.3) is 0 Å². The fourth-order valence-corrected chi connectivity index (χ4v) is 5.70. The largest absolute Gasteiger partial charge is 0.497 e. The summed E-state index contributed by atoms with van der Waals surface area (Å²) in [4.78, 5) is 13.3. The lowest BCUT2D eigenvalue weighted by Crippen LogP contribution is -2.46. The maximum Gasteiger partial charge on any atom is 0.243 e. The molecule has 3 rings (SSSR count). The highest BCUT2D eigenvalue weighted by Crippen LogP contribution is 2.27. The van der Waals surface area contributed by atoms with Gasteiger partial charge in [-0.25, -0.2) is 8.42 Å². The van der Waals surface area contributed by atoms with Gasteiger partial charge in [-0.05, 0) is 68.5 Å². The van der Waals surface area contributed by atoms with Crippen molar-refractivity contribution in [3.05, 3.63) is 59.2 Å². The number of carbonyl (C=O) groups excluding carboxylic acids is 1. The molecule has 0 bridgehead atoms. The molecule has 2 aromatic rings. The van der Waals surface area contributed by atoms with E-state index in [0.717, 1.165) is 17.5 Å². The first-order valence-electron chi connectivity index (χ1n) is 10.8. The molecule has 1 amide bonds. The second-order valence-corrected chi connectivity index (χ2v) is 10.1. The Bertz CT molecular complexity index is 1020. The Morgan fingerprint density at radius 1 is 1.19 bits per heavy atom. The first kappa shape index (κ1) is 23.3. The van der Waals surface area contributed by atoms with Gasteiger partial charge in [0.05, 0.1) is 24.0 Å². The minimum atomic E-state index is -3.65. The van der Waals surface area contributed by atoms with Crippen molar-refractivity contribution in [1.82, 2.24) is 9.62 Å². The Labute approximate surface area is 185 Å². The molecule has 0 saturated carbocycles.